The van der Waals surface area contributed by atoms with Crippen LogP contribution in [-0.2, 0) is 9.59 Å². The number of carbonyl (C=O) groups is 2. The Hall–Kier alpha value is -2.62. The maximum absolute atomic E-state index is 12.3. The molecular weight excluding hydrogens is 300 g/mol. The van der Waals surface area contributed by atoms with Crippen LogP contribution < -0.4 is 10.2 Å². The molecule has 2 amide bonds. The normalized spacial score (nSPS) is 10.3. The monoisotopic (exact) mass is 324 g/mol. The lowest BCUT2D eigenvalue weighted by Gasteiger charge is -2.21. The predicted molar refractivity (Wildman–Crippen MR) is 98.4 cm³/mol. The Morgan fingerprint density at radius 2 is 1.71 bits per heavy atom. The summed E-state index contributed by atoms with van der Waals surface area (Å²) in [6.07, 6.45) is 0.251. The van der Waals surface area contributed by atoms with E-state index in [1.165, 1.54) is 6.92 Å². The zero-order valence-corrected chi connectivity index (χ0v) is 14.7. The quantitative estimate of drug-likeness (QED) is 0.904. The molecule has 0 aliphatic rings. The fourth-order valence-electron chi connectivity index (χ4n) is 2.56. The van der Waals surface area contributed by atoms with Crippen LogP contribution in [0.2, 0.25) is 0 Å². The van der Waals surface area contributed by atoms with Gasteiger partial charge in [-0.2, -0.15) is 0 Å². The summed E-state index contributed by atoms with van der Waals surface area (Å²) < 4.78 is 0. The van der Waals surface area contributed by atoms with Crippen molar-refractivity contribution in [3.05, 3.63) is 59.2 Å². The third-order valence-electron chi connectivity index (χ3n) is 3.92. The van der Waals surface area contributed by atoms with Gasteiger partial charge in [-0.25, -0.2) is 0 Å². The second-order valence-electron chi connectivity index (χ2n) is 6.13. The van der Waals surface area contributed by atoms with E-state index in [1.54, 1.807) is 4.90 Å². The molecule has 0 unspecified atom stereocenters. The molecule has 0 atom stereocenters. The molecule has 2 rings (SSSR count). The van der Waals surface area contributed by atoms with Gasteiger partial charge >= 0.3 is 0 Å². The van der Waals surface area contributed by atoms with Gasteiger partial charge in [-0.05, 0) is 55.7 Å². The molecule has 2 aromatic carbocycles. The highest BCUT2D eigenvalue weighted by Gasteiger charge is 2.14. The van der Waals surface area contributed by atoms with E-state index in [2.05, 4.69) is 5.32 Å². The lowest BCUT2D eigenvalue weighted by molar-refractivity contribution is -0.117. The van der Waals surface area contributed by atoms with Crippen molar-refractivity contribution in [1.29, 1.82) is 0 Å². The number of aryl methyl sites for hydroxylation is 3. The standard InChI is InChI=1S/C20H24N2O2/c1-14-6-5-7-18(12-14)22(17(4)23)11-10-20(24)21-19-13-15(2)8-9-16(19)3/h5-9,12-13H,10-11H2,1-4H3,(H,21,24). The first-order valence-electron chi connectivity index (χ1n) is 8.08. The molecule has 0 saturated heterocycles. The summed E-state index contributed by atoms with van der Waals surface area (Å²) in [6.45, 7) is 7.81. The SMILES string of the molecule is CC(=O)N(CCC(=O)Nc1cc(C)ccc1C)c1cccc(C)c1. The van der Waals surface area contributed by atoms with Crippen molar-refractivity contribution in [2.24, 2.45) is 0 Å². The number of carbonyl (C=O) groups excluding carboxylic acids is 2. The highest BCUT2D eigenvalue weighted by Crippen LogP contribution is 2.18. The molecule has 24 heavy (non-hydrogen) atoms. The summed E-state index contributed by atoms with van der Waals surface area (Å²) in [5.41, 5.74) is 4.85. The average molecular weight is 324 g/mol. The molecule has 0 spiro atoms. The van der Waals surface area contributed by atoms with Crippen LogP contribution in [0.25, 0.3) is 0 Å². The Bertz CT molecular complexity index is 753. The fourth-order valence-corrected chi connectivity index (χ4v) is 2.56. The maximum atomic E-state index is 12.3. The van der Waals surface area contributed by atoms with Gasteiger partial charge in [0, 0.05) is 31.3 Å². The van der Waals surface area contributed by atoms with Crippen LogP contribution in [0.3, 0.4) is 0 Å². The molecule has 0 heterocycles. The summed E-state index contributed by atoms with van der Waals surface area (Å²) in [6, 6.07) is 13.7. The highest BCUT2D eigenvalue weighted by atomic mass is 16.2. The number of nitrogens with one attached hydrogen (secondary N) is 1. The highest BCUT2D eigenvalue weighted by molar-refractivity contribution is 5.95. The fraction of sp³-hybridized carbons (Fsp3) is 0.300. The Kier molecular flexibility index (Phi) is 5.74. The topological polar surface area (TPSA) is 49.4 Å². The molecule has 2 aromatic rings. The van der Waals surface area contributed by atoms with E-state index in [4.69, 9.17) is 0 Å². The van der Waals surface area contributed by atoms with E-state index in [1.807, 2.05) is 63.2 Å². The first kappa shape index (κ1) is 17.7. The number of hydrogen-bond acceptors (Lipinski definition) is 2. The lowest BCUT2D eigenvalue weighted by atomic mass is 10.1. The lowest BCUT2D eigenvalue weighted by Crippen LogP contribution is -2.32. The van der Waals surface area contributed by atoms with Gasteiger partial charge in [0.2, 0.25) is 11.8 Å². The zero-order chi connectivity index (χ0) is 17.7. The van der Waals surface area contributed by atoms with Gasteiger partial charge < -0.3 is 10.2 Å². The number of amides is 2. The molecule has 0 saturated carbocycles. The summed E-state index contributed by atoms with van der Waals surface area (Å²) in [4.78, 5) is 25.8. The summed E-state index contributed by atoms with van der Waals surface area (Å²) >= 11 is 0. The number of benzene rings is 2. The molecule has 126 valence electrons. The van der Waals surface area contributed by atoms with Crippen molar-refractivity contribution in [2.75, 3.05) is 16.8 Å². The van der Waals surface area contributed by atoms with Gasteiger partial charge in [-0.3, -0.25) is 9.59 Å². The smallest absolute Gasteiger partial charge is 0.226 e. The molecular formula is C20H24N2O2. The Labute approximate surface area is 143 Å². The summed E-state index contributed by atoms with van der Waals surface area (Å²) in [5.74, 6) is -0.164. The van der Waals surface area contributed by atoms with E-state index in [0.717, 1.165) is 28.1 Å². The van der Waals surface area contributed by atoms with Crippen molar-refractivity contribution in [1.82, 2.24) is 0 Å². The van der Waals surface area contributed by atoms with Gasteiger partial charge in [0.15, 0.2) is 0 Å². The van der Waals surface area contributed by atoms with Crippen LogP contribution >= 0.6 is 0 Å². The molecule has 0 bridgehead atoms. The third-order valence-corrected chi connectivity index (χ3v) is 3.92. The first-order chi connectivity index (χ1) is 11.4. The largest absolute Gasteiger partial charge is 0.326 e. The number of rotatable bonds is 5. The summed E-state index contributed by atoms with van der Waals surface area (Å²) in [5, 5.41) is 2.93. The molecule has 4 nitrogen and oxygen atoms in total. The molecule has 0 radical (unpaired) electrons. The second-order valence-corrected chi connectivity index (χ2v) is 6.13. The predicted octanol–water partition coefficient (Wildman–Crippen LogP) is 3.99. The minimum Gasteiger partial charge on any atom is -0.326 e. The molecule has 4 heteroatoms. The van der Waals surface area contributed by atoms with Gasteiger partial charge in [0.1, 0.15) is 0 Å². The minimum absolute atomic E-state index is 0.0693. The first-order valence-corrected chi connectivity index (χ1v) is 8.08. The number of anilines is 2. The van der Waals surface area contributed by atoms with Crippen LogP contribution in [0.4, 0.5) is 11.4 Å². The molecule has 0 aromatic heterocycles. The number of hydrogen-bond donors (Lipinski definition) is 1. The van der Waals surface area contributed by atoms with Crippen molar-refractivity contribution in [3.63, 3.8) is 0 Å². The Balaban J connectivity index is 2.03. The average Bonchev–Trinajstić information content (AvgIpc) is 2.51. The van der Waals surface area contributed by atoms with Crippen molar-refractivity contribution in [2.45, 2.75) is 34.1 Å². The van der Waals surface area contributed by atoms with Gasteiger partial charge in [0.25, 0.3) is 0 Å². The van der Waals surface area contributed by atoms with Gasteiger partial charge in [-0.15, -0.1) is 0 Å². The van der Waals surface area contributed by atoms with Crippen LogP contribution in [0, 0.1) is 20.8 Å². The Morgan fingerprint density at radius 1 is 1.00 bits per heavy atom. The second kappa shape index (κ2) is 7.77. The van der Waals surface area contributed by atoms with Crippen LogP contribution in [0.15, 0.2) is 42.5 Å². The Morgan fingerprint density at radius 3 is 2.38 bits per heavy atom. The summed E-state index contributed by atoms with van der Waals surface area (Å²) in [7, 11) is 0. The van der Waals surface area contributed by atoms with Gasteiger partial charge in [-0.1, -0.05) is 24.3 Å². The van der Waals surface area contributed by atoms with Crippen LogP contribution in [0.1, 0.15) is 30.0 Å². The molecule has 0 fully saturated rings. The van der Waals surface area contributed by atoms with Crippen molar-refractivity contribution >= 4 is 23.2 Å². The van der Waals surface area contributed by atoms with Crippen LogP contribution in [-0.4, -0.2) is 18.4 Å². The van der Waals surface area contributed by atoms with E-state index in [9.17, 15) is 9.59 Å². The van der Waals surface area contributed by atoms with Crippen molar-refractivity contribution in [3.8, 4) is 0 Å². The zero-order valence-electron chi connectivity index (χ0n) is 14.7. The molecule has 1 N–H and O–H groups in total. The maximum Gasteiger partial charge on any atom is 0.226 e. The molecule has 0 aliphatic heterocycles. The van der Waals surface area contributed by atoms with E-state index < -0.39 is 0 Å². The molecule has 0 aliphatic carbocycles. The van der Waals surface area contributed by atoms with Crippen LogP contribution in [0.5, 0.6) is 0 Å². The van der Waals surface area contributed by atoms with Gasteiger partial charge in [0.05, 0.1) is 0 Å². The minimum atomic E-state index is -0.0948. The van der Waals surface area contributed by atoms with E-state index >= 15 is 0 Å². The number of nitrogens with zero attached hydrogens (tertiary/aromatic N) is 1. The third kappa shape index (κ3) is 4.69. The van der Waals surface area contributed by atoms with E-state index in [-0.39, 0.29) is 18.2 Å². The van der Waals surface area contributed by atoms with E-state index in [0.29, 0.717) is 6.54 Å². The van der Waals surface area contributed by atoms with Crippen molar-refractivity contribution < 1.29 is 9.59 Å².